The van der Waals surface area contributed by atoms with Gasteiger partial charge in [-0.15, -0.1) is 10.2 Å². The van der Waals surface area contributed by atoms with Gasteiger partial charge in [-0.1, -0.05) is 23.5 Å². The van der Waals surface area contributed by atoms with Crippen molar-refractivity contribution in [2.75, 3.05) is 5.32 Å². The number of benzene rings is 1. The van der Waals surface area contributed by atoms with Gasteiger partial charge in [0.1, 0.15) is 11.6 Å². The first kappa shape index (κ1) is 20.1. The van der Waals surface area contributed by atoms with Crippen LogP contribution in [0.25, 0.3) is 11.0 Å². The van der Waals surface area contributed by atoms with Crippen LogP contribution < -0.4 is 5.32 Å². The molecule has 0 saturated heterocycles. The molecule has 0 radical (unpaired) electrons. The van der Waals surface area contributed by atoms with Crippen LogP contribution >= 0.6 is 11.3 Å². The highest BCUT2D eigenvalue weighted by molar-refractivity contribution is 7.15. The van der Waals surface area contributed by atoms with Gasteiger partial charge in [-0.05, 0) is 68.4 Å². The van der Waals surface area contributed by atoms with Gasteiger partial charge in [0.25, 0.3) is 0 Å². The Morgan fingerprint density at radius 1 is 1.09 bits per heavy atom. The molecule has 4 fully saturated rings. The lowest BCUT2D eigenvalue weighted by Gasteiger charge is -2.55. The lowest BCUT2D eigenvalue weighted by molar-refractivity contribution is -0.147. The molecule has 168 valence electrons. The largest absolute Gasteiger partial charge is 0.449 e. The maximum absolute atomic E-state index is 13.5. The van der Waals surface area contributed by atoms with Crippen LogP contribution in [0.3, 0.4) is 0 Å². The number of nitrogens with one attached hydrogen (secondary N) is 1. The number of hydrogen-bond donors (Lipinski definition) is 1. The van der Waals surface area contributed by atoms with Crippen LogP contribution in [0.2, 0.25) is 0 Å². The van der Waals surface area contributed by atoms with Gasteiger partial charge in [-0.2, -0.15) is 13.2 Å². The second-order valence-corrected chi connectivity index (χ2v) is 10.6. The number of para-hydroxylation sites is 2. The molecule has 32 heavy (non-hydrogen) atoms. The normalized spacial score (nSPS) is 29.0. The Kier molecular flexibility index (Phi) is 4.41. The first-order chi connectivity index (χ1) is 15.3. The van der Waals surface area contributed by atoms with E-state index in [2.05, 4.69) is 20.5 Å². The van der Waals surface area contributed by atoms with Gasteiger partial charge < -0.3 is 4.57 Å². The standard InChI is InChI=1S/C22H22F3N5OS/c23-22(24,25)18-26-15-3-1-2-4-16(15)30(18)11-17(31)27-20-29-28-19(32-20)21-8-12-5-13(9-21)7-14(6-12)10-21/h1-4,12-14H,5-11H2,(H,27,29,31). The molecule has 6 nitrogen and oxygen atoms in total. The van der Waals surface area contributed by atoms with Crippen LogP contribution in [0, 0.1) is 17.8 Å². The Hall–Kier alpha value is -2.49. The summed E-state index contributed by atoms with van der Waals surface area (Å²) in [5.41, 5.74) is 0.536. The molecule has 1 aromatic carbocycles. The predicted molar refractivity (Wildman–Crippen MR) is 113 cm³/mol. The van der Waals surface area contributed by atoms with Crippen LogP contribution in [-0.4, -0.2) is 25.7 Å². The first-order valence-corrected chi connectivity index (χ1v) is 11.8. The van der Waals surface area contributed by atoms with E-state index in [9.17, 15) is 18.0 Å². The van der Waals surface area contributed by atoms with Gasteiger partial charge >= 0.3 is 6.18 Å². The van der Waals surface area contributed by atoms with Crippen LogP contribution in [0.15, 0.2) is 24.3 Å². The molecule has 1 amide bonds. The minimum absolute atomic E-state index is 0.0688. The fourth-order valence-electron chi connectivity index (χ4n) is 6.62. The van der Waals surface area contributed by atoms with Crippen LogP contribution in [-0.2, 0) is 22.9 Å². The minimum Gasteiger partial charge on any atom is -0.311 e. The molecule has 4 saturated carbocycles. The van der Waals surface area contributed by atoms with Crippen molar-refractivity contribution in [3.05, 3.63) is 35.1 Å². The van der Waals surface area contributed by atoms with Crippen molar-refractivity contribution in [3.8, 4) is 0 Å². The monoisotopic (exact) mass is 461 g/mol. The molecule has 0 unspecified atom stereocenters. The second-order valence-electron chi connectivity index (χ2n) is 9.67. The summed E-state index contributed by atoms with van der Waals surface area (Å²) in [4.78, 5) is 16.4. The average Bonchev–Trinajstić information content (AvgIpc) is 3.32. The van der Waals surface area contributed by atoms with Crippen molar-refractivity contribution in [1.82, 2.24) is 19.7 Å². The van der Waals surface area contributed by atoms with Crippen molar-refractivity contribution < 1.29 is 18.0 Å². The molecule has 2 aromatic heterocycles. The summed E-state index contributed by atoms with van der Waals surface area (Å²) in [5, 5.41) is 12.6. The number of aromatic nitrogens is 4. The van der Waals surface area contributed by atoms with Crippen molar-refractivity contribution in [3.63, 3.8) is 0 Å². The van der Waals surface area contributed by atoms with E-state index in [0.717, 1.165) is 46.6 Å². The zero-order valence-corrected chi connectivity index (χ0v) is 18.0. The summed E-state index contributed by atoms with van der Waals surface area (Å²) in [6, 6.07) is 6.27. The lowest BCUT2D eigenvalue weighted by Crippen LogP contribution is -2.48. The molecule has 4 aliphatic rings. The zero-order chi connectivity index (χ0) is 22.1. The summed E-state index contributed by atoms with van der Waals surface area (Å²) < 4.78 is 41.4. The number of alkyl halides is 3. The lowest BCUT2D eigenvalue weighted by atomic mass is 9.50. The van der Waals surface area contributed by atoms with Crippen molar-refractivity contribution in [2.24, 2.45) is 17.8 Å². The summed E-state index contributed by atoms with van der Waals surface area (Å²) in [6.07, 6.45) is 2.71. The van der Waals surface area contributed by atoms with Gasteiger partial charge in [0.2, 0.25) is 16.9 Å². The Balaban J connectivity index is 1.22. The summed E-state index contributed by atoms with van der Waals surface area (Å²) >= 11 is 1.37. The number of fused-ring (bicyclic) bond motifs is 1. The SMILES string of the molecule is O=C(Cn1c(C(F)(F)F)nc2ccccc21)Nc1nnc(C23CC4CC(CC(C4)C2)C3)s1. The minimum atomic E-state index is -4.66. The molecule has 0 atom stereocenters. The predicted octanol–water partition coefficient (Wildman–Crippen LogP) is 5.01. The van der Waals surface area contributed by atoms with Crippen LogP contribution in [0.4, 0.5) is 18.3 Å². The topological polar surface area (TPSA) is 72.7 Å². The van der Waals surface area contributed by atoms with Crippen molar-refractivity contribution in [1.29, 1.82) is 0 Å². The fraction of sp³-hybridized carbons (Fsp3) is 0.545. The Labute approximate surface area is 186 Å². The maximum Gasteiger partial charge on any atom is 0.449 e. The number of nitrogens with zero attached hydrogens (tertiary/aromatic N) is 4. The number of rotatable bonds is 4. The van der Waals surface area contributed by atoms with E-state index in [1.807, 2.05) is 0 Å². The van der Waals surface area contributed by atoms with E-state index in [0.29, 0.717) is 5.13 Å². The number of amides is 1. The van der Waals surface area contributed by atoms with Crippen LogP contribution in [0.1, 0.15) is 49.4 Å². The third-order valence-corrected chi connectivity index (χ3v) is 8.46. The molecule has 10 heteroatoms. The number of anilines is 1. The molecule has 2 heterocycles. The summed E-state index contributed by atoms with van der Waals surface area (Å²) in [7, 11) is 0. The summed E-state index contributed by atoms with van der Waals surface area (Å²) in [6.45, 7) is -0.498. The molecular formula is C22H22F3N5OS. The van der Waals surface area contributed by atoms with E-state index < -0.39 is 24.5 Å². The quantitative estimate of drug-likeness (QED) is 0.593. The molecule has 4 bridgehead atoms. The van der Waals surface area contributed by atoms with Gasteiger partial charge in [0, 0.05) is 5.41 Å². The number of imidazole rings is 1. The van der Waals surface area contributed by atoms with E-state index >= 15 is 0 Å². The maximum atomic E-state index is 13.5. The number of halogens is 3. The van der Waals surface area contributed by atoms with E-state index in [1.54, 1.807) is 12.1 Å². The smallest absolute Gasteiger partial charge is 0.311 e. The number of carbonyl (C=O) groups is 1. The molecule has 4 aliphatic carbocycles. The van der Waals surface area contributed by atoms with Gasteiger partial charge in [-0.25, -0.2) is 4.98 Å². The Bertz CT molecular complexity index is 1160. The Morgan fingerprint density at radius 2 is 1.75 bits per heavy atom. The summed E-state index contributed by atoms with van der Waals surface area (Å²) in [5.74, 6) is 0.628. The van der Waals surface area contributed by atoms with E-state index in [1.165, 1.54) is 42.7 Å². The van der Waals surface area contributed by atoms with E-state index in [-0.39, 0.29) is 16.4 Å². The third kappa shape index (κ3) is 3.30. The number of carbonyl (C=O) groups excluding carboxylic acids is 1. The van der Waals surface area contributed by atoms with Crippen molar-refractivity contribution in [2.45, 2.75) is 56.7 Å². The third-order valence-electron chi connectivity index (χ3n) is 7.37. The average molecular weight is 462 g/mol. The van der Waals surface area contributed by atoms with Crippen molar-refractivity contribution >= 4 is 33.4 Å². The van der Waals surface area contributed by atoms with E-state index in [4.69, 9.17) is 0 Å². The second kappa shape index (κ2) is 7.00. The van der Waals surface area contributed by atoms with Crippen LogP contribution in [0.5, 0.6) is 0 Å². The van der Waals surface area contributed by atoms with Gasteiger partial charge in [0.15, 0.2) is 0 Å². The highest BCUT2D eigenvalue weighted by atomic mass is 32.1. The van der Waals surface area contributed by atoms with Gasteiger partial charge in [0.05, 0.1) is 11.0 Å². The molecular weight excluding hydrogens is 439 g/mol. The number of hydrogen-bond acceptors (Lipinski definition) is 5. The fourth-order valence-corrected chi connectivity index (χ4v) is 7.59. The zero-order valence-electron chi connectivity index (χ0n) is 17.2. The van der Waals surface area contributed by atoms with Gasteiger partial charge in [-0.3, -0.25) is 10.1 Å². The molecule has 0 spiro atoms. The first-order valence-electron chi connectivity index (χ1n) is 11.0. The molecule has 7 rings (SSSR count). The highest BCUT2D eigenvalue weighted by Crippen LogP contribution is 2.61. The highest BCUT2D eigenvalue weighted by Gasteiger charge is 2.53. The molecule has 0 aliphatic heterocycles. The molecule has 1 N–H and O–H groups in total. The Morgan fingerprint density at radius 3 is 2.41 bits per heavy atom. The molecule has 3 aromatic rings.